The summed E-state index contributed by atoms with van der Waals surface area (Å²) in [5.41, 5.74) is 1.34. The van der Waals surface area contributed by atoms with E-state index in [9.17, 15) is 4.79 Å². The number of methoxy groups -OCH3 is 2. The molecule has 0 bridgehead atoms. The van der Waals surface area contributed by atoms with Crippen molar-refractivity contribution in [1.29, 1.82) is 0 Å². The molecule has 0 radical (unpaired) electrons. The summed E-state index contributed by atoms with van der Waals surface area (Å²) >= 11 is 1.75. The molecule has 0 aliphatic carbocycles. The van der Waals surface area contributed by atoms with Gasteiger partial charge in [-0.2, -0.15) is 0 Å². The Kier molecular flexibility index (Phi) is 10.0. The van der Waals surface area contributed by atoms with Crippen LogP contribution in [0.3, 0.4) is 0 Å². The van der Waals surface area contributed by atoms with Crippen molar-refractivity contribution in [3.05, 3.63) is 51.7 Å². The van der Waals surface area contributed by atoms with Crippen LogP contribution in [0.15, 0.2) is 40.7 Å². The highest BCUT2D eigenvalue weighted by molar-refractivity contribution is 14.0. The van der Waals surface area contributed by atoms with Gasteiger partial charge in [-0.1, -0.05) is 12.1 Å². The number of carbonyl (C=O) groups excluding carboxylic acids is 1. The van der Waals surface area contributed by atoms with Crippen LogP contribution >= 0.6 is 35.3 Å². The first-order valence-electron chi connectivity index (χ1n) is 7.90. The number of nitrogens with zero attached hydrogens (tertiary/aromatic N) is 1. The SMILES string of the molecule is CN=C(NCCc1cccs1)NCc1ccc(OC)c(C(=O)OC)c1.I. The predicted octanol–water partition coefficient (Wildman–Crippen LogP) is 3.07. The van der Waals surface area contributed by atoms with Gasteiger partial charge in [0.05, 0.1) is 14.2 Å². The van der Waals surface area contributed by atoms with Crippen LogP contribution in [0.5, 0.6) is 5.75 Å². The molecule has 0 unspecified atom stereocenters. The Labute approximate surface area is 175 Å². The summed E-state index contributed by atoms with van der Waals surface area (Å²) in [4.78, 5) is 17.4. The zero-order chi connectivity index (χ0) is 18.1. The Morgan fingerprint density at radius 2 is 2.04 bits per heavy atom. The van der Waals surface area contributed by atoms with Gasteiger partial charge in [-0.05, 0) is 35.6 Å². The van der Waals surface area contributed by atoms with Crippen molar-refractivity contribution in [3.63, 3.8) is 0 Å². The number of guanidine groups is 1. The number of rotatable bonds is 7. The second-order valence-corrected chi connectivity index (χ2v) is 6.24. The van der Waals surface area contributed by atoms with Crippen LogP contribution in [0, 0.1) is 0 Å². The van der Waals surface area contributed by atoms with Gasteiger partial charge in [0.1, 0.15) is 11.3 Å². The van der Waals surface area contributed by atoms with Gasteiger partial charge in [0.25, 0.3) is 0 Å². The van der Waals surface area contributed by atoms with Crippen molar-refractivity contribution in [1.82, 2.24) is 10.6 Å². The molecule has 0 spiro atoms. The first-order chi connectivity index (χ1) is 12.2. The quantitative estimate of drug-likeness (QED) is 0.271. The molecule has 0 fully saturated rings. The van der Waals surface area contributed by atoms with E-state index in [1.807, 2.05) is 6.07 Å². The first-order valence-corrected chi connectivity index (χ1v) is 8.78. The maximum Gasteiger partial charge on any atom is 0.341 e. The molecule has 0 atom stereocenters. The Hall–Kier alpha value is -1.81. The molecule has 8 heteroatoms. The molecule has 2 aromatic rings. The molecule has 26 heavy (non-hydrogen) atoms. The number of hydrogen-bond donors (Lipinski definition) is 2. The van der Waals surface area contributed by atoms with E-state index >= 15 is 0 Å². The van der Waals surface area contributed by atoms with E-state index in [2.05, 4.69) is 33.1 Å². The van der Waals surface area contributed by atoms with E-state index in [0.29, 0.717) is 23.8 Å². The minimum absolute atomic E-state index is 0. The molecule has 2 rings (SSSR count). The van der Waals surface area contributed by atoms with Crippen molar-refractivity contribution in [2.45, 2.75) is 13.0 Å². The molecule has 0 saturated heterocycles. The lowest BCUT2D eigenvalue weighted by Crippen LogP contribution is -2.37. The highest BCUT2D eigenvalue weighted by Crippen LogP contribution is 2.20. The fraction of sp³-hybridized carbons (Fsp3) is 0.333. The summed E-state index contributed by atoms with van der Waals surface area (Å²) in [5, 5.41) is 8.59. The highest BCUT2D eigenvalue weighted by Gasteiger charge is 2.13. The topological polar surface area (TPSA) is 72.0 Å². The second-order valence-electron chi connectivity index (χ2n) is 5.21. The standard InChI is InChI=1S/C18H23N3O3S.HI/c1-19-18(20-9-8-14-5-4-10-25-14)21-12-13-6-7-16(23-2)15(11-13)17(22)24-3;/h4-7,10-11H,8-9,12H2,1-3H3,(H2,19,20,21);1H. The van der Waals surface area contributed by atoms with Crippen LogP contribution in [-0.4, -0.2) is 39.7 Å². The van der Waals surface area contributed by atoms with Crippen LogP contribution in [-0.2, 0) is 17.7 Å². The molecule has 0 aliphatic rings. The Balaban J connectivity index is 0.00000338. The molecular weight excluding hydrogens is 465 g/mol. The fourth-order valence-corrected chi connectivity index (χ4v) is 3.01. The monoisotopic (exact) mass is 489 g/mol. The van der Waals surface area contributed by atoms with Gasteiger partial charge in [0, 0.05) is 25.0 Å². The van der Waals surface area contributed by atoms with E-state index in [-0.39, 0.29) is 24.0 Å². The van der Waals surface area contributed by atoms with Gasteiger partial charge in [0.2, 0.25) is 0 Å². The average Bonchev–Trinajstić information content (AvgIpc) is 3.17. The lowest BCUT2D eigenvalue weighted by atomic mass is 10.1. The summed E-state index contributed by atoms with van der Waals surface area (Å²) in [6.45, 7) is 1.34. The predicted molar refractivity (Wildman–Crippen MR) is 116 cm³/mol. The largest absolute Gasteiger partial charge is 0.496 e. The normalized spacial score (nSPS) is 10.7. The van der Waals surface area contributed by atoms with Crippen LogP contribution in [0.25, 0.3) is 0 Å². The van der Waals surface area contributed by atoms with Crippen molar-refractivity contribution in [2.24, 2.45) is 4.99 Å². The summed E-state index contributed by atoms with van der Waals surface area (Å²) in [5.74, 6) is 0.790. The molecular formula is C18H24IN3O3S. The summed E-state index contributed by atoms with van der Waals surface area (Å²) in [6.07, 6.45) is 0.952. The lowest BCUT2D eigenvalue weighted by molar-refractivity contribution is 0.0597. The zero-order valence-corrected chi connectivity index (χ0v) is 18.2. The van der Waals surface area contributed by atoms with E-state index in [1.54, 1.807) is 30.5 Å². The minimum Gasteiger partial charge on any atom is -0.496 e. The van der Waals surface area contributed by atoms with Crippen molar-refractivity contribution in [2.75, 3.05) is 27.8 Å². The van der Waals surface area contributed by atoms with Gasteiger partial charge in [-0.3, -0.25) is 4.99 Å². The van der Waals surface area contributed by atoms with E-state index in [0.717, 1.165) is 18.5 Å². The van der Waals surface area contributed by atoms with Gasteiger partial charge in [-0.15, -0.1) is 35.3 Å². The number of thiophene rings is 1. The number of carbonyl (C=O) groups is 1. The van der Waals surface area contributed by atoms with E-state index in [1.165, 1.54) is 19.1 Å². The molecule has 6 nitrogen and oxygen atoms in total. The third-order valence-corrected chi connectivity index (χ3v) is 4.53. The number of ether oxygens (including phenoxy) is 2. The van der Waals surface area contributed by atoms with Crippen molar-refractivity contribution >= 4 is 47.2 Å². The van der Waals surface area contributed by atoms with Crippen molar-refractivity contribution in [3.8, 4) is 5.75 Å². The van der Waals surface area contributed by atoms with E-state index < -0.39 is 5.97 Å². The Morgan fingerprint density at radius 3 is 2.65 bits per heavy atom. The first kappa shape index (κ1) is 22.2. The fourth-order valence-electron chi connectivity index (χ4n) is 2.30. The lowest BCUT2D eigenvalue weighted by Gasteiger charge is -2.13. The summed E-state index contributed by atoms with van der Waals surface area (Å²) in [6, 6.07) is 9.59. The third-order valence-electron chi connectivity index (χ3n) is 3.60. The Bertz CT molecular complexity index is 720. The highest BCUT2D eigenvalue weighted by atomic mass is 127. The number of benzene rings is 1. The maximum atomic E-state index is 11.8. The molecule has 1 heterocycles. The molecule has 2 N–H and O–H groups in total. The van der Waals surface area contributed by atoms with Crippen LogP contribution in [0.4, 0.5) is 0 Å². The number of esters is 1. The summed E-state index contributed by atoms with van der Waals surface area (Å²) < 4.78 is 10.00. The van der Waals surface area contributed by atoms with Gasteiger partial charge in [-0.25, -0.2) is 4.79 Å². The molecule has 0 saturated carbocycles. The molecule has 1 aromatic heterocycles. The molecule has 142 valence electrons. The van der Waals surface area contributed by atoms with Gasteiger partial charge < -0.3 is 20.1 Å². The van der Waals surface area contributed by atoms with Crippen molar-refractivity contribution < 1.29 is 14.3 Å². The smallest absolute Gasteiger partial charge is 0.341 e. The molecule has 0 amide bonds. The third kappa shape index (κ3) is 6.49. The summed E-state index contributed by atoms with van der Waals surface area (Å²) in [7, 11) is 4.61. The molecule has 1 aromatic carbocycles. The zero-order valence-electron chi connectivity index (χ0n) is 15.1. The molecule has 0 aliphatic heterocycles. The van der Waals surface area contributed by atoms with Crippen LogP contribution in [0.1, 0.15) is 20.8 Å². The van der Waals surface area contributed by atoms with Crippen LogP contribution < -0.4 is 15.4 Å². The van der Waals surface area contributed by atoms with E-state index in [4.69, 9.17) is 9.47 Å². The number of halogens is 1. The minimum atomic E-state index is -0.419. The number of hydrogen-bond acceptors (Lipinski definition) is 5. The number of nitrogens with one attached hydrogen (secondary N) is 2. The number of aliphatic imine (C=N–C) groups is 1. The van der Waals surface area contributed by atoms with Gasteiger partial charge in [0.15, 0.2) is 5.96 Å². The van der Waals surface area contributed by atoms with Crippen LogP contribution in [0.2, 0.25) is 0 Å². The second kappa shape index (κ2) is 11.7. The van der Waals surface area contributed by atoms with Gasteiger partial charge >= 0.3 is 5.97 Å². The average molecular weight is 489 g/mol. The maximum absolute atomic E-state index is 11.8. The Morgan fingerprint density at radius 1 is 1.23 bits per heavy atom.